The first-order valence-corrected chi connectivity index (χ1v) is 7.04. The number of rotatable bonds is 2. The SMILES string of the molecule is NCC#Cc1ccc(C(=O)N2CCC(CO)CC2)cc1F. The van der Waals surface area contributed by atoms with Crippen molar-refractivity contribution in [3.05, 3.63) is 35.1 Å². The molecular weight excluding hydrogens is 271 g/mol. The molecule has 0 aromatic heterocycles. The number of piperidine rings is 1. The van der Waals surface area contributed by atoms with Gasteiger partial charge in [0, 0.05) is 25.3 Å². The van der Waals surface area contributed by atoms with Gasteiger partial charge in [-0.3, -0.25) is 4.79 Å². The minimum atomic E-state index is -0.507. The number of carbonyl (C=O) groups is 1. The van der Waals surface area contributed by atoms with E-state index in [-0.39, 0.29) is 30.5 Å². The van der Waals surface area contributed by atoms with Gasteiger partial charge in [-0.15, -0.1) is 0 Å². The number of hydrogen-bond donors (Lipinski definition) is 2. The van der Waals surface area contributed by atoms with E-state index in [0.717, 1.165) is 12.8 Å². The van der Waals surface area contributed by atoms with Crippen molar-refractivity contribution in [3.63, 3.8) is 0 Å². The largest absolute Gasteiger partial charge is 0.396 e. The van der Waals surface area contributed by atoms with Gasteiger partial charge in [0.2, 0.25) is 0 Å². The van der Waals surface area contributed by atoms with Crippen LogP contribution in [0.15, 0.2) is 18.2 Å². The molecule has 112 valence electrons. The van der Waals surface area contributed by atoms with Crippen molar-refractivity contribution in [2.75, 3.05) is 26.2 Å². The standard InChI is InChI=1S/C16H19FN2O2/c17-15-10-14(4-3-13(15)2-1-7-18)16(21)19-8-5-12(11-20)6-9-19/h3-4,10,12,20H,5-9,11,18H2. The lowest BCUT2D eigenvalue weighted by Crippen LogP contribution is -2.39. The number of hydrogen-bond acceptors (Lipinski definition) is 3. The Morgan fingerprint density at radius 2 is 2.14 bits per heavy atom. The third kappa shape index (κ3) is 3.81. The molecule has 3 N–H and O–H groups in total. The Kier molecular flexibility index (Phi) is 5.32. The lowest BCUT2D eigenvalue weighted by molar-refractivity contribution is 0.0650. The van der Waals surface area contributed by atoms with Crippen LogP contribution in [-0.2, 0) is 0 Å². The van der Waals surface area contributed by atoms with Gasteiger partial charge in [0.25, 0.3) is 5.91 Å². The second kappa shape index (κ2) is 7.21. The molecule has 0 saturated carbocycles. The van der Waals surface area contributed by atoms with E-state index in [0.29, 0.717) is 18.7 Å². The van der Waals surface area contributed by atoms with E-state index in [1.54, 1.807) is 11.0 Å². The average Bonchev–Trinajstić information content (AvgIpc) is 2.53. The van der Waals surface area contributed by atoms with Crippen molar-refractivity contribution in [1.29, 1.82) is 0 Å². The number of nitrogens with zero attached hydrogens (tertiary/aromatic N) is 1. The van der Waals surface area contributed by atoms with Gasteiger partial charge in [-0.2, -0.15) is 0 Å². The van der Waals surface area contributed by atoms with Gasteiger partial charge in [-0.05, 0) is 37.0 Å². The minimum Gasteiger partial charge on any atom is -0.396 e. The highest BCUT2D eigenvalue weighted by Crippen LogP contribution is 2.19. The van der Waals surface area contributed by atoms with E-state index in [2.05, 4.69) is 11.8 Å². The van der Waals surface area contributed by atoms with Gasteiger partial charge >= 0.3 is 0 Å². The second-order valence-electron chi connectivity index (χ2n) is 5.12. The fraction of sp³-hybridized carbons (Fsp3) is 0.438. The molecule has 0 aliphatic carbocycles. The van der Waals surface area contributed by atoms with Crippen molar-refractivity contribution < 1.29 is 14.3 Å². The van der Waals surface area contributed by atoms with Crippen molar-refractivity contribution in [2.45, 2.75) is 12.8 Å². The van der Waals surface area contributed by atoms with Crippen LogP contribution >= 0.6 is 0 Å². The van der Waals surface area contributed by atoms with Crippen LogP contribution in [0.2, 0.25) is 0 Å². The number of amides is 1. The average molecular weight is 290 g/mol. The molecule has 4 nitrogen and oxygen atoms in total. The molecule has 5 heteroatoms. The smallest absolute Gasteiger partial charge is 0.253 e. The third-order valence-corrected chi connectivity index (χ3v) is 3.70. The molecule has 1 fully saturated rings. The predicted molar refractivity (Wildman–Crippen MR) is 78.0 cm³/mol. The molecule has 0 bridgehead atoms. The Balaban J connectivity index is 2.08. The van der Waals surface area contributed by atoms with Crippen LogP contribution in [0, 0.1) is 23.6 Å². The monoisotopic (exact) mass is 290 g/mol. The number of benzene rings is 1. The zero-order chi connectivity index (χ0) is 15.2. The number of likely N-dealkylation sites (tertiary alicyclic amines) is 1. The number of aliphatic hydroxyl groups excluding tert-OH is 1. The molecule has 1 aliphatic rings. The summed E-state index contributed by atoms with van der Waals surface area (Å²) in [6.07, 6.45) is 1.57. The van der Waals surface area contributed by atoms with Crippen LogP contribution in [0.3, 0.4) is 0 Å². The highest BCUT2D eigenvalue weighted by atomic mass is 19.1. The Morgan fingerprint density at radius 3 is 2.71 bits per heavy atom. The number of carbonyl (C=O) groups excluding carboxylic acids is 1. The molecule has 1 aliphatic heterocycles. The predicted octanol–water partition coefficient (Wildman–Crippen LogP) is 0.980. The summed E-state index contributed by atoms with van der Waals surface area (Å²) in [7, 11) is 0. The summed E-state index contributed by atoms with van der Waals surface area (Å²) in [6, 6.07) is 4.32. The minimum absolute atomic E-state index is 0.158. The number of halogens is 1. The summed E-state index contributed by atoms with van der Waals surface area (Å²) < 4.78 is 13.9. The summed E-state index contributed by atoms with van der Waals surface area (Å²) in [5.41, 5.74) is 5.82. The van der Waals surface area contributed by atoms with Crippen LogP contribution in [-0.4, -0.2) is 42.2 Å². The summed E-state index contributed by atoms with van der Waals surface area (Å²) in [5.74, 6) is 4.80. The fourth-order valence-corrected chi connectivity index (χ4v) is 2.40. The van der Waals surface area contributed by atoms with E-state index in [9.17, 15) is 9.18 Å². The molecule has 0 spiro atoms. The van der Waals surface area contributed by atoms with E-state index in [4.69, 9.17) is 10.8 Å². The molecule has 1 saturated heterocycles. The normalized spacial score (nSPS) is 15.5. The maximum Gasteiger partial charge on any atom is 0.253 e. The molecule has 1 aromatic rings. The number of nitrogens with two attached hydrogens (primary N) is 1. The van der Waals surface area contributed by atoms with Gasteiger partial charge in [0.15, 0.2) is 0 Å². The molecule has 0 radical (unpaired) electrons. The lowest BCUT2D eigenvalue weighted by Gasteiger charge is -2.31. The van der Waals surface area contributed by atoms with Gasteiger partial charge < -0.3 is 15.7 Å². The van der Waals surface area contributed by atoms with Gasteiger partial charge in [0.05, 0.1) is 12.1 Å². The van der Waals surface area contributed by atoms with Crippen molar-refractivity contribution in [1.82, 2.24) is 4.90 Å². The zero-order valence-electron chi connectivity index (χ0n) is 11.8. The van der Waals surface area contributed by atoms with E-state index in [1.807, 2.05) is 0 Å². The molecule has 1 heterocycles. The number of aliphatic hydroxyl groups is 1. The molecule has 2 rings (SSSR count). The van der Waals surface area contributed by atoms with Crippen LogP contribution in [0.5, 0.6) is 0 Å². The van der Waals surface area contributed by atoms with Crippen molar-refractivity contribution >= 4 is 5.91 Å². The Bertz CT molecular complexity index is 569. The van der Waals surface area contributed by atoms with Crippen LogP contribution in [0.4, 0.5) is 4.39 Å². The lowest BCUT2D eigenvalue weighted by atomic mass is 9.97. The van der Waals surface area contributed by atoms with Crippen molar-refractivity contribution in [2.24, 2.45) is 11.7 Å². The first kappa shape index (κ1) is 15.5. The summed E-state index contributed by atoms with van der Waals surface area (Å²) in [5, 5.41) is 9.10. The van der Waals surface area contributed by atoms with Crippen LogP contribution in [0.25, 0.3) is 0 Å². The van der Waals surface area contributed by atoms with Crippen molar-refractivity contribution in [3.8, 4) is 11.8 Å². The summed E-state index contributed by atoms with van der Waals surface area (Å²) >= 11 is 0. The maximum absolute atomic E-state index is 13.9. The Morgan fingerprint density at radius 1 is 1.43 bits per heavy atom. The van der Waals surface area contributed by atoms with Gasteiger partial charge in [-0.25, -0.2) is 4.39 Å². The summed E-state index contributed by atoms with van der Waals surface area (Å²) in [4.78, 5) is 14.0. The maximum atomic E-state index is 13.9. The summed E-state index contributed by atoms with van der Waals surface area (Å²) in [6.45, 7) is 1.52. The Labute approximate surface area is 123 Å². The first-order chi connectivity index (χ1) is 10.2. The van der Waals surface area contributed by atoms with E-state index < -0.39 is 5.82 Å². The van der Waals surface area contributed by atoms with E-state index >= 15 is 0 Å². The zero-order valence-corrected chi connectivity index (χ0v) is 11.8. The highest BCUT2D eigenvalue weighted by molar-refractivity contribution is 5.94. The van der Waals surface area contributed by atoms with Crippen LogP contribution < -0.4 is 5.73 Å². The second-order valence-corrected chi connectivity index (χ2v) is 5.12. The molecule has 0 unspecified atom stereocenters. The quantitative estimate of drug-likeness (QED) is 0.798. The molecule has 0 atom stereocenters. The van der Waals surface area contributed by atoms with Gasteiger partial charge in [0.1, 0.15) is 5.82 Å². The third-order valence-electron chi connectivity index (χ3n) is 3.70. The molecule has 21 heavy (non-hydrogen) atoms. The highest BCUT2D eigenvalue weighted by Gasteiger charge is 2.23. The Hall–Kier alpha value is -1.90. The topological polar surface area (TPSA) is 66.6 Å². The first-order valence-electron chi connectivity index (χ1n) is 7.04. The molecule has 1 aromatic carbocycles. The van der Waals surface area contributed by atoms with Crippen LogP contribution in [0.1, 0.15) is 28.8 Å². The molecule has 1 amide bonds. The van der Waals surface area contributed by atoms with Gasteiger partial charge in [-0.1, -0.05) is 11.8 Å². The fourth-order valence-electron chi connectivity index (χ4n) is 2.40. The van der Waals surface area contributed by atoms with E-state index in [1.165, 1.54) is 12.1 Å². The molecular formula is C16H19FN2O2.